The first kappa shape index (κ1) is 17.9. The summed E-state index contributed by atoms with van der Waals surface area (Å²) in [6.07, 6.45) is -4.82. The number of nitrogens with zero attached hydrogens (tertiary/aromatic N) is 2. The number of hydrogen-bond donors (Lipinski definition) is 0. The van der Waals surface area contributed by atoms with Crippen LogP contribution in [0.4, 0.5) is 17.6 Å². The molecule has 1 aliphatic rings. The van der Waals surface area contributed by atoms with Gasteiger partial charge in [-0.25, -0.2) is 9.18 Å². The average molecular weight is 348 g/mol. The lowest BCUT2D eigenvalue weighted by Gasteiger charge is -2.33. The summed E-state index contributed by atoms with van der Waals surface area (Å²) >= 11 is 0. The van der Waals surface area contributed by atoms with Crippen LogP contribution < -0.4 is 0 Å². The molecular formula is C14H12F4N2O4. The van der Waals surface area contributed by atoms with Crippen LogP contribution in [-0.4, -0.2) is 54.3 Å². The number of aldehydes is 1. The third-order valence-electron chi connectivity index (χ3n) is 3.36. The zero-order valence-corrected chi connectivity index (χ0v) is 12.2. The first-order chi connectivity index (χ1) is 11.2. The standard InChI is InChI=1S/C14H12F4N2O4/c15-9-1-2-11(14(16,17)18)10(7-9)13(23)19-3-5-20(6-4-19)24-12(22)8-21/h1-2,7-8H,3-6H2. The first-order valence-electron chi connectivity index (χ1n) is 6.80. The molecule has 130 valence electrons. The molecule has 1 aliphatic heterocycles. The summed E-state index contributed by atoms with van der Waals surface area (Å²) in [4.78, 5) is 39.0. The fraction of sp³-hybridized carbons (Fsp3) is 0.357. The number of hydrogen-bond acceptors (Lipinski definition) is 5. The number of carbonyl (C=O) groups is 3. The van der Waals surface area contributed by atoms with Crippen LogP contribution in [0.15, 0.2) is 18.2 Å². The second kappa shape index (κ2) is 6.95. The van der Waals surface area contributed by atoms with Crippen molar-refractivity contribution in [1.29, 1.82) is 0 Å². The van der Waals surface area contributed by atoms with Crippen LogP contribution in [0.2, 0.25) is 0 Å². The summed E-state index contributed by atoms with van der Waals surface area (Å²) in [7, 11) is 0. The van der Waals surface area contributed by atoms with Crippen LogP contribution in [0.25, 0.3) is 0 Å². The minimum atomic E-state index is -4.79. The summed E-state index contributed by atoms with van der Waals surface area (Å²) < 4.78 is 52.2. The maximum absolute atomic E-state index is 13.3. The maximum atomic E-state index is 13.3. The number of halogens is 4. The largest absolute Gasteiger partial charge is 0.417 e. The lowest BCUT2D eigenvalue weighted by atomic mass is 10.1. The van der Waals surface area contributed by atoms with E-state index in [-0.39, 0.29) is 32.5 Å². The van der Waals surface area contributed by atoms with Crippen molar-refractivity contribution in [1.82, 2.24) is 9.96 Å². The summed E-state index contributed by atoms with van der Waals surface area (Å²) in [6.45, 7) is -0.0540. The van der Waals surface area contributed by atoms with Gasteiger partial charge >= 0.3 is 12.1 Å². The van der Waals surface area contributed by atoms with E-state index in [9.17, 15) is 31.9 Å². The van der Waals surface area contributed by atoms with Gasteiger partial charge in [0.15, 0.2) is 0 Å². The van der Waals surface area contributed by atoms with Crippen LogP contribution in [-0.2, 0) is 20.6 Å². The summed E-state index contributed by atoms with van der Waals surface area (Å²) in [6, 6.07) is 1.70. The Balaban J connectivity index is 2.12. The van der Waals surface area contributed by atoms with Gasteiger partial charge in [0.1, 0.15) is 5.82 Å². The number of amides is 1. The highest BCUT2D eigenvalue weighted by molar-refractivity contribution is 6.20. The topological polar surface area (TPSA) is 66.9 Å². The SMILES string of the molecule is O=CC(=O)ON1CCN(C(=O)c2cc(F)ccc2C(F)(F)F)CC1. The third-order valence-corrected chi connectivity index (χ3v) is 3.36. The zero-order valence-electron chi connectivity index (χ0n) is 12.2. The van der Waals surface area contributed by atoms with Gasteiger partial charge < -0.3 is 9.74 Å². The Labute approximate surface area is 133 Å². The van der Waals surface area contributed by atoms with E-state index in [1.165, 1.54) is 0 Å². The van der Waals surface area contributed by atoms with Crippen molar-refractivity contribution in [3.63, 3.8) is 0 Å². The van der Waals surface area contributed by atoms with E-state index in [2.05, 4.69) is 4.84 Å². The van der Waals surface area contributed by atoms with Crippen LogP contribution in [0, 0.1) is 5.82 Å². The van der Waals surface area contributed by atoms with Gasteiger partial charge in [0.25, 0.3) is 5.91 Å². The molecule has 24 heavy (non-hydrogen) atoms. The third kappa shape index (κ3) is 4.07. The van der Waals surface area contributed by atoms with Crippen molar-refractivity contribution >= 4 is 18.2 Å². The monoisotopic (exact) mass is 348 g/mol. The van der Waals surface area contributed by atoms with Gasteiger partial charge in [0.05, 0.1) is 24.2 Å². The smallest absolute Gasteiger partial charge is 0.362 e. The number of benzene rings is 1. The molecule has 1 amide bonds. The molecule has 0 saturated carbocycles. The van der Waals surface area contributed by atoms with Gasteiger partial charge in [0.2, 0.25) is 6.29 Å². The van der Waals surface area contributed by atoms with E-state index >= 15 is 0 Å². The molecule has 6 nitrogen and oxygen atoms in total. The molecular weight excluding hydrogens is 336 g/mol. The molecule has 0 radical (unpaired) electrons. The van der Waals surface area contributed by atoms with Gasteiger partial charge in [-0.15, -0.1) is 5.06 Å². The highest BCUT2D eigenvalue weighted by Crippen LogP contribution is 2.33. The van der Waals surface area contributed by atoms with Gasteiger partial charge in [0, 0.05) is 13.1 Å². The fourth-order valence-electron chi connectivity index (χ4n) is 2.24. The van der Waals surface area contributed by atoms with Crippen molar-refractivity contribution < 1.29 is 36.8 Å². The van der Waals surface area contributed by atoms with E-state index in [4.69, 9.17) is 0 Å². The van der Waals surface area contributed by atoms with Gasteiger partial charge in [-0.1, -0.05) is 0 Å². The molecule has 2 rings (SSSR count). The second-order valence-electron chi connectivity index (χ2n) is 4.94. The molecule has 1 fully saturated rings. The number of alkyl halides is 3. The number of rotatable bonds is 3. The number of hydroxylamine groups is 2. The molecule has 10 heteroatoms. The Bertz CT molecular complexity index is 655. The Morgan fingerprint density at radius 2 is 1.75 bits per heavy atom. The van der Waals surface area contributed by atoms with Crippen molar-refractivity contribution in [2.45, 2.75) is 6.18 Å². The van der Waals surface area contributed by atoms with Crippen molar-refractivity contribution in [2.24, 2.45) is 0 Å². The second-order valence-corrected chi connectivity index (χ2v) is 4.94. The minimum Gasteiger partial charge on any atom is -0.362 e. The Morgan fingerprint density at radius 1 is 1.12 bits per heavy atom. The predicted octanol–water partition coefficient (Wildman–Crippen LogP) is 1.26. The van der Waals surface area contributed by atoms with Crippen LogP contribution >= 0.6 is 0 Å². The quantitative estimate of drug-likeness (QED) is 0.467. The van der Waals surface area contributed by atoms with E-state index < -0.39 is 35.0 Å². The highest BCUT2D eigenvalue weighted by atomic mass is 19.4. The Morgan fingerprint density at radius 3 is 2.29 bits per heavy atom. The van der Waals surface area contributed by atoms with Crippen molar-refractivity contribution in [3.05, 3.63) is 35.1 Å². The van der Waals surface area contributed by atoms with E-state index in [0.29, 0.717) is 18.2 Å². The molecule has 0 bridgehead atoms. The summed E-state index contributed by atoms with van der Waals surface area (Å²) in [5.41, 5.74) is -2.00. The molecule has 0 atom stereocenters. The summed E-state index contributed by atoms with van der Waals surface area (Å²) in [5, 5.41) is 1.12. The molecule has 0 N–H and O–H groups in total. The highest BCUT2D eigenvalue weighted by Gasteiger charge is 2.37. The Kier molecular flexibility index (Phi) is 5.17. The minimum absolute atomic E-state index is 0.0159. The van der Waals surface area contributed by atoms with Crippen LogP contribution in [0.5, 0.6) is 0 Å². The molecule has 1 aromatic carbocycles. The van der Waals surface area contributed by atoms with Gasteiger partial charge in [-0.3, -0.25) is 9.59 Å². The normalized spacial score (nSPS) is 15.9. The molecule has 1 saturated heterocycles. The molecule has 0 spiro atoms. The van der Waals surface area contributed by atoms with E-state index in [1.807, 2.05) is 0 Å². The van der Waals surface area contributed by atoms with Crippen LogP contribution in [0.3, 0.4) is 0 Å². The van der Waals surface area contributed by atoms with E-state index in [1.54, 1.807) is 0 Å². The maximum Gasteiger partial charge on any atom is 0.417 e. The Hall–Kier alpha value is -2.49. The van der Waals surface area contributed by atoms with Crippen molar-refractivity contribution in [2.75, 3.05) is 26.2 Å². The lowest BCUT2D eigenvalue weighted by molar-refractivity contribution is -0.194. The zero-order chi connectivity index (χ0) is 17.9. The van der Waals surface area contributed by atoms with E-state index in [0.717, 1.165) is 9.96 Å². The van der Waals surface area contributed by atoms with Crippen molar-refractivity contribution in [3.8, 4) is 0 Å². The predicted molar refractivity (Wildman–Crippen MR) is 71.0 cm³/mol. The van der Waals surface area contributed by atoms with Gasteiger partial charge in [-0.2, -0.15) is 13.2 Å². The molecule has 1 aromatic rings. The fourth-order valence-corrected chi connectivity index (χ4v) is 2.24. The average Bonchev–Trinajstić information content (AvgIpc) is 2.53. The summed E-state index contributed by atoms with van der Waals surface area (Å²) in [5.74, 6) is -3.03. The number of carbonyl (C=O) groups excluding carboxylic acids is 3. The molecule has 1 heterocycles. The molecule has 0 unspecified atom stereocenters. The van der Waals surface area contributed by atoms with Gasteiger partial charge in [-0.05, 0) is 18.2 Å². The molecule has 0 aliphatic carbocycles. The van der Waals surface area contributed by atoms with Crippen LogP contribution in [0.1, 0.15) is 15.9 Å². The number of piperazine rings is 1. The first-order valence-corrected chi connectivity index (χ1v) is 6.80. The molecule has 0 aromatic heterocycles. The lowest BCUT2D eigenvalue weighted by Crippen LogP contribution is -2.49.